The molecule has 1 aliphatic heterocycles. The molecule has 0 unspecified atom stereocenters. The molecule has 1 fully saturated rings. The average Bonchev–Trinajstić information content (AvgIpc) is 3.15. The van der Waals surface area contributed by atoms with Gasteiger partial charge in [-0.3, -0.25) is 18.9 Å². The lowest BCUT2D eigenvalue weighted by Crippen LogP contribution is -2.29. The van der Waals surface area contributed by atoms with Crippen LogP contribution in [0, 0.1) is 6.92 Å². The van der Waals surface area contributed by atoms with Crippen molar-refractivity contribution in [3.8, 4) is 0 Å². The maximum atomic E-state index is 13.5. The zero-order chi connectivity index (χ0) is 25.7. The van der Waals surface area contributed by atoms with Crippen molar-refractivity contribution in [1.29, 1.82) is 0 Å². The van der Waals surface area contributed by atoms with Crippen LogP contribution in [0.3, 0.4) is 0 Å². The van der Waals surface area contributed by atoms with Gasteiger partial charge in [-0.1, -0.05) is 60.4 Å². The van der Waals surface area contributed by atoms with E-state index in [4.69, 9.17) is 17.0 Å². The van der Waals surface area contributed by atoms with E-state index in [1.165, 1.54) is 9.30 Å². The number of amides is 1. The molecular weight excluding hydrogens is 496 g/mol. The molecule has 0 saturated carbocycles. The summed E-state index contributed by atoms with van der Waals surface area (Å²) < 4.78 is 7.27. The van der Waals surface area contributed by atoms with E-state index in [0.717, 1.165) is 22.9 Å². The van der Waals surface area contributed by atoms with Crippen molar-refractivity contribution in [2.75, 3.05) is 31.6 Å². The van der Waals surface area contributed by atoms with Crippen LogP contribution >= 0.6 is 24.0 Å². The number of rotatable bonds is 10. The lowest BCUT2D eigenvalue weighted by molar-refractivity contribution is -0.122. The minimum Gasteiger partial charge on any atom is -0.387 e. The number of thiocarbonyl (C=S) groups is 1. The fourth-order valence-corrected chi connectivity index (χ4v) is 5.15. The smallest absolute Gasteiger partial charge is 0.267 e. The molecule has 2 N–H and O–H groups in total. The number of ether oxygens (including phenoxy) is 1. The second kappa shape index (κ2) is 11.8. The summed E-state index contributed by atoms with van der Waals surface area (Å²) in [6.45, 7) is 5.54. The summed E-state index contributed by atoms with van der Waals surface area (Å²) in [6.07, 6.45) is 3.05. The zero-order valence-electron chi connectivity index (χ0n) is 20.1. The highest BCUT2D eigenvalue weighted by molar-refractivity contribution is 8.26. The second-order valence-electron chi connectivity index (χ2n) is 8.26. The number of aryl methyl sites for hydroxylation is 1. The number of carbonyl (C=O) groups is 1. The van der Waals surface area contributed by atoms with Crippen LogP contribution in [0.15, 0.2) is 58.4 Å². The van der Waals surface area contributed by atoms with E-state index >= 15 is 0 Å². The molecule has 0 spiro atoms. The van der Waals surface area contributed by atoms with Gasteiger partial charge >= 0.3 is 0 Å². The predicted octanol–water partition coefficient (Wildman–Crippen LogP) is 3.78. The number of benzene rings is 1. The van der Waals surface area contributed by atoms with Crippen molar-refractivity contribution in [3.63, 3.8) is 0 Å². The Labute approximate surface area is 219 Å². The van der Waals surface area contributed by atoms with Crippen LogP contribution in [-0.2, 0) is 9.53 Å². The quantitative estimate of drug-likeness (QED) is 0.235. The van der Waals surface area contributed by atoms with Crippen LogP contribution < -0.4 is 10.9 Å². The summed E-state index contributed by atoms with van der Waals surface area (Å²) >= 11 is 6.59. The van der Waals surface area contributed by atoms with Gasteiger partial charge in [0.2, 0.25) is 0 Å². The summed E-state index contributed by atoms with van der Waals surface area (Å²) in [5.74, 6) is 0.0522. The molecule has 1 aromatic carbocycles. The van der Waals surface area contributed by atoms with Gasteiger partial charge in [0.15, 0.2) is 0 Å². The van der Waals surface area contributed by atoms with Crippen LogP contribution in [-0.4, -0.2) is 55.9 Å². The normalized spacial score (nSPS) is 15.8. The number of pyridine rings is 1. The summed E-state index contributed by atoms with van der Waals surface area (Å²) in [6, 6.07) is 12.9. The monoisotopic (exact) mass is 524 g/mol. The largest absolute Gasteiger partial charge is 0.387 e. The number of aliphatic hydroxyl groups excluding tert-OH is 1. The lowest BCUT2D eigenvalue weighted by atomic mass is 10.1. The Kier molecular flexibility index (Phi) is 8.52. The van der Waals surface area contributed by atoms with Gasteiger partial charge in [-0.2, -0.15) is 0 Å². The molecule has 10 heteroatoms. The van der Waals surface area contributed by atoms with Crippen molar-refractivity contribution in [2.45, 2.75) is 26.4 Å². The topological polar surface area (TPSA) is 96.2 Å². The van der Waals surface area contributed by atoms with E-state index in [9.17, 15) is 14.7 Å². The number of hydrogen-bond donors (Lipinski definition) is 2. The van der Waals surface area contributed by atoms with Gasteiger partial charge in [0.1, 0.15) is 15.8 Å². The average molecular weight is 525 g/mol. The molecule has 1 saturated heterocycles. The van der Waals surface area contributed by atoms with Crippen molar-refractivity contribution in [3.05, 3.63) is 80.6 Å². The Bertz CT molecular complexity index is 1360. The third-order valence-electron chi connectivity index (χ3n) is 5.76. The highest BCUT2D eigenvalue weighted by atomic mass is 32.2. The molecule has 2 aromatic heterocycles. The molecule has 4 rings (SSSR count). The van der Waals surface area contributed by atoms with Gasteiger partial charge < -0.3 is 15.2 Å². The molecule has 0 bridgehead atoms. The summed E-state index contributed by atoms with van der Waals surface area (Å²) in [4.78, 5) is 33.2. The summed E-state index contributed by atoms with van der Waals surface area (Å²) in [7, 11) is 0. The van der Waals surface area contributed by atoms with Crippen molar-refractivity contribution < 1.29 is 14.6 Å². The third kappa shape index (κ3) is 5.67. The van der Waals surface area contributed by atoms with Crippen LogP contribution in [0.1, 0.15) is 36.1 Å². The molecular formula is C26H28N4O4S2. The molecule has 36 heavy (non-hydrogen) atoms. The highest BCUT2D eigenvalue weighted by Crippen LogP contribution is 2.33. The Morgan fingerprint density at radius 3 is 2.75 bits per heavy atom. The van der Waals surface area contributed by atoms with E-state index < -0.39 is 6.10 Å². The first-order chi connectivity index (χ1) is 17.4. The number of thioether (sulfide) groups is 1. The standard InChI is InChI=1S/C26H28N4O4S2/c1-3-34-14-8-13-30-25(33)21(36-26(30)35)15-19-22(27-16-20(31)18-10-5-4-6-11-18)28-23-17(2)9-7-12-29(23)24(19)32/h4-7,9-12,15,20,27,31H,3,8,13-14,16H2,1-2H3/b21-15-/t20-/m0/s1. The zero-order valence-corrected chi connectivity index (χ0v) is 21.8. The first-order valence-electron chi connectivity index (χ1n) is 11.7. The predicted molar refractivity (Wildman–Crippen MR) is 147 cm³/mol. The maximum Gasteiger partial charge on any atom is 0.267 e. The second-order valence-corrected chi connectivity index (χ2v) is 9.93. The lowest BCUT2D eigenvalue weighted by Gasteiger charge is -2.16. The highest BCUT2D eigenvalue weighted by Gasteiger charge is 2.32. The van der Waals surface area contributed by atoms with E-state index in [0.29, 0.717) is 46.9 Å². The SMILES string of the molecule is CCOCCCN1C(=O)/C(=C/c2c(NC[C@H](O)c3ccccc3)nc3c(C)cccn3c2=O)SC1=S. The fourth-order valence-electron chi connectivity index (χ4n) is 3.86. The minimum absolute atomic E-state index is 0.137. The Balaban J connectivity index is 1.67. The minimum atomic E-state index is -0.806. The van der Waals surface area contributed by atoms with E-state index in [-0.39, 0.29) is 23.6 Å². The van der Waals surface area contributed by atoms with Gasteiger partial charge in [0.25, 0.3) is 11.5 Å². The Hall–Kier alpha value is -3.05. The molecule has 3 heterocycles. The van der Waals surface area contributed by atoms with Crippen LogP contribution in [0.4, 0.5) is 5.82 Å². The first kappa shape index (κ1) is 26.0. The number of fused-ring (bicyclic) bond motifs is 1. The molecule has 1 aliphatic rings. The summed E-state index contributed by atoms with van der Waals surface area (Å²) in [5, 5.41) is 13.8. The number of nitrogens with zero attached hydrogens (tertiary/aromatic N) is 3. The molecule has 3 aromatic rings. The van der Waals surface area contributed by atoms with E-state index in [1.807, 2.05) is 50.2 Å². The number of aliphatic hydroxyl groups is 1. The van der Waals surface area contributed by atoms with Crippen molar-refractivity contribution >= 4 is 51.7 Å². The molecule has 1 amide bonds. The molecule has 0 radical (unpaired) electrons. The molecule has 188 valence electrons. The maximum absolute atomic E-state index is 13.5. The molecule has 1 atom stereocenters. The van der Waals surface area contributed by atoms with Crippen LogP contribution in [0.2, 0.25) is 0 Å². The van der Waals surface area contributed by atoms with Gasteiger partial charge in [-0.15, -0.1) is 0 Å². The number of hydrogen-bond acceptors (Lipinski definition) is 8. The summed E-state index contributed by atoms with van der Waals surface area (Å²) in [5.41, 5.74) is 1.98. The van der Waals surface area contributed by atoms with Gasteiger partial charge in [-0.05, 0) is 43.5 Å². The fraction of sp³-hybridized carbons (Fsp3) is 0.308. The third-order valence-corrected chi connectivity index (χ3v) is 7.13. The van der Waals surface area contributed by atoms with E-state index in [2.05, 4.69) is 10.3 Å². The van der Waals surface area contributed by atoms with Gasteiger partial charge in [0, 0.05) is 32.5 Å². The van der Waals surface area contributed by atoms with Crippen molar-refractivity contribution in [1.82, 2.24) is 14.3 Å². The number of nitrogens with one attached hydrogen (secondary N) is 1. The Morgan fingerprint density at radius 2 is 2.00 bits per heavy atom. The van der Waals surface area contributed by atoms with Crippen molar-refractivity contribution in [2.24, 2.45) is 0 Å². The number of carbonyl (C=O) groups excluding carboxylic acids is 1. The number of aromatic nitrogens is 2. The molecule has 0 aliphatic carbocycles. The number of anilines is 1. The first-order valence-corrected chi connectivity index (χ1v) is 12.9. The molecule has 8 nitrogen and oxygen atoms in total. The van der Waals surface area contributed by atoms with Gasteiger partial charge in [0.05, 0.1) is 16.6 Å². The van der Waals surface area contributed by atoms with Crippen LogP contribution in [0.25, 0.3) is 11.7 Å². The van der Waals surface area contributed by atoms with Gasteiger partial charge in [-0.25, -0.2) is 4.98 Å². The van der Waals surface area contributed by atoms with Crippen LogP contribution in [0.5, 0.6) is 0 Å². The van der Waals surface area contributed by atoms with E-state index in [1.54, 1.807) is 18.3 Å². The Morgan fingerprint density at radius 1 is 1.22 bits per heavy atom.